The third-order valence-corrected chi connectivity index (χ3v) is 4.20. The monoisotopic (exact) mass is 308 g/mol. The number of benzene rings is 1. The number of aromatic nitrogens is 1. The van der Waals surface area contributed by atoms with E-state index in [0.717, 1.165) is 27.9 Å². The molecular formula is C19H17ClN2. The Hall–Kier alpha value is -2.45. The minimum Gasteiger partial charge on any atom is -0.361 e. The van der Waals surface area contributed by atoms with Crippen LogP contribution in [-0.2, 0) is 0 Å². The van der Waals surface area contributed by atoms with Gasteiger partial charge in [-0.2, -0.15) is 0 Å². The number of allylic oxidation sites excluding steroid dienone is 6. The van der Waals surface area contributed by atoms with Gasteiger partial charge >= 0.3 is 0 Å². The van der Waals surface area contributed by atoms with Gasteiger partial charge in [-0.05, 0) is 47.4 Å². The lowest BCUT2D eigenvalue weighted by molar-refractivity contribution is 1.11. The molecule has 0 spiro atoms. The van der Waals surface area contributed by atoms with Gasteiger partial charge in [0, 0.05) is 23.3 Å². The highest BCUT2D eigenvalue weighted by Crippen LogP contribution is 2.30. The van der Waals surface area contributed by atoms with Crippen LogP contribution in [0, 0.1) is 6.92 Å². The molecule has 0 aliphatic carbocycles. The highest BCUT2D eigenvalue weighted by atomic mass is 35.5. The molecule has 3 rings (SSSR count). The van der Waals surface area contributed by atoms with Crippen LogP contribution < -0.4 is 5.32 Å². The van der Waals surface area contributed by atoms with Crippen molar-refractivity contribution in [3.63, 3.8) is 0 Å². The molecule has 0 fully saturated rings. The van der Waals surface area contributed by atoms with E-state index in [2.05, 4.69) is 42.5 Å². The topological polar surface area (TPSA) is 27.8 Å². The maximum atomic E-state index is 6.45. The fraction of sp³-hybridized carbons (Fsp3) is 0.0526. The maximum absolute atomic E-state index is 6.45. The summed E-state index contributed by atoms with van der Waals surface area (Å²) in [6.45, 7) is 10.3. The molecule has 2 N–H and O–H groups in total. The molecular weight excluding hydrogens is 292 g/mol. The van der Waals surface area contributed by atoms with E-state index >= 15 is 0 Å². The first-order chi connectivity index (χ1) is 10.6. The van der Waals surface area contributed by atoms with E-state index in [1.165, 1.54) is 10.9 Å². The van der Waals surface area contributed by atoms with Gasteiger partial charge in [0.25, 0.3) is 0 Å². The summed E-state index contributed by atoms with van der Waals surface area (Å²) in [5.74, 6) is 0. The third-order valence-electron chi connectivity index (χ3n) is 3.77. The van der Waals surface area contributed by atoms with Gasteiger partial charge in [0.2, 0.25) is 0 Å². The molecule has 2 nitrogen and oxygen atoms in total. The Balaban J connectivity index is 2.07. The Morgan fingerprint density at radius 3 is 2.86 bits per heavy atom. The Morgan fingerprint density at radius 2 is 2.05 bits per heavy atom. The van der Waals surface area contributed by atoms with Crippen molar-refractivity contribution in [2.75, 3.05) is 0 Å². The first-order valence-corrected chi connectivity index (χ1v) is 7.42. The van der Waals surface area contributed by atoms with E-state index in [-0.39, 0.29) is 0 Å². The summed E-state index contributed by atoms with van der Waals surface area (Å²) < 4.78 is 0. The molecule has 0 radical (unpaired) electrons. The molecule has 1 aromatic heterocycles. The predicted octanol–water partition coefficient (Wildman–Crippen LogP) is 5.17. The standard InChI is InChI=1S/C19H17ClN2/c1-12-6-4-5-9-21-19(18(12)20)14(3)15-7-8-17-16(10-15)13(2)11-22-17/h4-11,21-22H,1,3H2,2H3/b6-4-,9-5-,19-18?. The van der Waals surface area contributed by atoms with E-state index in [1.54, 1.807) is 0 Å². The number of fused-ring (bicyclic) bond motifs is 1. The number of nitrogens with one attached hydrogen (secondary N) is 2. The highest BCUT2D eigenvalue weighted by Gasteiger charge is 2.13. The zero-order valence-electron chi connectivity index (χ0n) is 12.4. The Bertz CT molecular complexity index is 863. The van der Waals surface area contributed by atoms with Gasteiger partial charge in [0.1, 0.15) is 0 Å². The Kier molecular flexibility index (Phi) is 3.78. The first-order valence-electron chi connectivity index (χ1n) is 7.04. The van der Waals surface area contributed by atoms with Crippen LogP contribution >= 0.6 is 11.6 Å². The lowest BCUT2D eigenvalue weighted by Crippen LogP contribution is -2.10. The Morgan fingerprint density at radius 1 is 1.23 bits per heavy atom. The number of H-pyrrole nitrogens is 1. The van der Waals surface area contributed by atoms with Crippen molar-refractivity contribution in [3.8, 4) is 0 Å². The molecule has 0 saturated heterocycles. The quantitative estimate of drug-likeness (QED) is 0.787. The van der Waals surface area contributed by atoms with Gasteiger partial charge < -0.3 is 10.3 Å². The van der Waals surface area contributed by atoms with Crippen LogP contribution in [0.2, 0.25) is 0 Å². The summed E-state index contributed by atoms with van der Waals surface area (Å²) >= 11 is 6.45. The Labute approximate surface area is 135 Å². The van der Waals surface area contributed by atoms with Gasteiger partial charge in [-0.25, -0.2) is 0 Å². The molecule has 1 aromatic carbocycles. The van der Waals surface area contributed by atoms with Crippen LogP contribution in [0.1, 0.15) is 11.1 Å². The molecule has 0 amide bonds. The highest BCUT2D eigenvalue weighted by molar-refractivity contribution is 6.33. The number of halogens is 1. The summed E-state index contributed by atoms with van der Waals surface area (Å²) in [5, 5.41) is 4.97. The molecule has 2 heterocycles. The molecule has 2 aromatic rings. The molecule has 1 aliphatic heterocycles. The van der Waals surface area contributed by atoms with Crippen LogP contribution in [0.5, 0.6) is 0 Å². The molecule has 0 saturated carbocycles. The molecule has 110 valence electrons. The lowest BCUT2D eigenvalue weighted by atomic mass is 10.00. The molecule has 0 bridgehead atoms. The predicted molar refractivity (Wildman–Crippen MR) is 95.5 cm³/mol. The summed E-state index contributed by atoms with van der Waals surface area (Å²) in [4.78, 5) is 3.25. The minimum atomic E-state index is 0.580. The summed E-state index contributed by atoms with van der Waals surface area (Å²) in [6.07, 6.45) is 9.53. The number of rotatable bonds is 2. The largest absolute Gasteiger partial charge is 0.361 e. The van der Waals surface area contributed by atoms with Crippen LogP contribution in [0.3, 0.4) is 0 Å². The second kappa shape index (κ2) is 5.74. The molecule has 3 heteroatoms. The fourth-order valence-corrected chi connectivity index (χ4v) is 2.70. The van der Waals surface area contributed by atoms with E-state index < -0.39 is 0 Å². The van der Waals surface area contributed by atoms with Crippen molar-refractivity contribution in [2.24, 2.45) is 0 Å². The van der Waals surface area contributed by atoms with Crippen molar-refractivity contribution >= 4 is 28.1 Å². The normalized spacial score (nSPS) is 17.8. The van der Waals surface area contributed by atoms with Crippen molar-refractivity contribution in [3.05, 3.63) is 89.4 Å². The lowest BCUT2D eigenvalue weighted by Gasteiger charge is -2.16. The SMILES string of the molecule is C=C1/C=C\C=C/NC(C(=C)c2ccc3[nH]cc(C)c3c2)=C1Cl. The molecule has 1 aliphatic rings. The number of aryl methyl sites for hydroxylation is 1. The van der Waals surface area contributed by atoms with Gasteiger partial charge in [0.05, 0.1) is 10.7 Å². The minimum absolute atomic E-state index is 0.580. The molecule has 22 heavy (non-hydrogen) atoms. The van der Waals surface area contributed by atoms with Gasteiger partial charge in [-0.15, -0.1) is 0 Å². The second-order valence-electron chi connectivity index (χ2n) is 5.29. The zero-order valence-corrected chi connectivity index (χ0v) is 13.2. The van der Waals surface area contributed by atoms with Crippen LogP contribution in [0.25, 0.3) is 16.5 Å². The smallest absolute Gasteiger partial charge is 0.0713 e. The molecule has 0 atom stereocenters. The molecule has 0 unspecified atom stereocenters. The number of hydrogen-bond donors (Lipinski definition) is 2. The van der Waals surface area contributed by atoms with Crippen LogP contribution in [0.4, 0.5) is 0 Å². The van der Waals surface area contributed by atoms with Gasteiger partial charge in [-0.3, -0.25) is 0 Å². The van der Waals surface area contributed by atoms with Crippen molar-refractivity contribution in [1.29, 1.82) is 0 Å². The average Bonchev–Trinajstić information content (AvgIpc) is 2.89. The summed E-state index contributed by atoms with van der Waals surface area (Å²) in [5.41, 5.74) is 5.73. The van der Waals surface area contributed by atoms with Gasteiger partial charge in [0.15, 0.2) is 0 Å². The summed E-state index contributed by atoms with van der Waals surface area (Å²) in [7, 11) is 0. The maximum Gasteiger partial charge on any atom is 0.0713 e. The van der Waals surface area contributed by atoms with E-state index in [4.69, 9.17) is 11.6 Å². The van der Waals surface area contributed by atoms with E-state index in [1.807, 2.05) is 36.7 Å². The van der Waals surface area contributed by atoms with Crippen molar-refractivity contribution in [2.45, 2.75) is 6.92 Å². The van der Waals surface area contributed by atoms with Crippen molar-refractivity contribution < 1.29 is 0 Å². The number of aromatic amines is 1. The summed E-state index contributed by atoms with van der Waals surface area (Å²) in [6, 6.07) is 6.23. The van der Waals surface area contributed by atoms with E-state index in [9.17, 15) is 0 Å². The average molecular weight is 309 g/mol. The fourth-order valence-electron chi connectivity index (χ4n) is 2.47. The second-order valence-corrected chi connectivity index (χ2v) is 5.67. The van der Waals surface area contributed by atoms with Crippen LogP contribution in [-0.4, -0.2) is 4.98 Å². The van der Waals surface area contributed by atoms with Crippen molar-refractivity contribution in [1.82, 2.24) is 10.3 Å². The number of hydrogen-bond acceptors (Lipinski definition) is 1. The first kappa shape index (κ1) is 14.5. The van der Waals surface area contributed by atoms with Gasteiger partial charge in [-0.1, -0.05) is 43.0 Å². The third kappa shape index (κ3) is 2.53. The van der Waals surface area contributed by atoms with E-state index in [0.29, 0.717) is 5.03 Å². The van der Waals surface area contributed by atoms with Crippen LogP contribution in [0.15, 0.2) is 78.3 Å². The zero-order chi connectivity index (χ0) is 15.7.